The fraction of sp³-hybridized carbons (Fsp3) is 0.125. The van der Waals surface area contributed by atoms with E-state index < -0.39 is 5.97 Å². The van der Waals surface area contributed by atoms with Crippen molar-refractivity contribution in [3.63, 3.8) is 0 Å². The van der Waals surface area contributed by atoms with E-state index in [1.165, 1.54) is 0 Å². The van der Waals surface area contributed by atoms with E-state index in [1.807, 2.05) is 60.7 Å². The van der Waals surface area contributed by atoms with Crippen LogP contribution < -0.4 is 10.1 Å². The molecule has 2 aromatic heterocycles. The van der Waals surface area contributed by atoms with Crippen LogP contribution in [0.3, 0.4) is 0 Å². The molecule has 0 saturated carbocycles. The second-order valence-corrected chi connectivity index (χ2v) is 6.58. The Morgan fingerprint density at radius 2 is 1.87 bits per heavy atom. The van der Waals surface area contributed by atoms with E-state index in [2.05, 4.69) is 15.3 Å². The van der Waals surface area contributed by atoms with Crippen LogP contribution in [0.4, 0.5) is 5.69 Å². The van der Waals surface area contributed by atoms with Gasteiger partial charge in [0.2, 0.25) is 0 Å². The Labute approximate surface area is 174 Å². The molecule has 0 atom stereocenters. The smallest absolute Gasteiger partial charge is 0.341 e. The molecule has 0 bridgehead atoms. The van der Waals surface area contributed by atoms with E-state index in [-0.39, 0.29) is 6.61 Å². The van der Waals surface area contributed by atoms with E-state index in [1.54, 1.807) is 25.5 Å². The van der Waals surface area contributed by atoms with Crippen molar-refractivity contribution in [2.24, 2.45) is 0 Å². The fourth-order valence-corrected chi connectivity index (χ4v) is 3.11. The average Bonchev–Trinajstić information content (AvgIpc) is 2.79. The summed E-state index contributed by atoms with van der Waals surface area (Å²) in [5, 5.41) is 4.14. The van der Waals surface area contributed by atoms with Crippen molar-refractivity contribution in [1.29, 1.82) is 0 Å². The number of hydrogen-bond donors (Lipinski definition) is 1. The molecule has 0 unspecified atom stereocenters. The van der Waals surface area contributed by atoms with Crippen LogP contribution >= 0.6 is 0 Å². The van der Waals surface area contributed by atoms with E-state index in [4.69, 9.17) is 9.47 Å². The Kier molecular flexibility index (Phi) is 5.85. The Morgan fingerprint density at radius 3 is 2.63 bits per heavy atom. The highest BCUT2D eigenvalue weighted by molar-refractivity contribution is 6.05. The number of ether oxygens (including phenoxy) is 2. The summed E-state index contributed by atoms with van der Waals surface area (Å²) in [7, 11) is 0. The lowest BCUT2D eigenvalue weighted by molar-refractivity contribution is 0.0527. The van der Waals surface area contributed by atoms with Crippen LogP contribution in [0.25, 0.3) is 10.9 Å². The molecule has 0 amide bonds. The molecule has 4 rings (SSSR count). The Hall–Kier alpha value is -3.93. The van der Waals surface area contributed by atoms with Gasteiger partial charge in [0.1, 0.15) is 17.1 Å². The molecule has 30 heavy (non-hydrogen) atoms. The first-order valence-corrected chi connectivity index (χ1v) is 9.70. The molecule has 0 saturated heterocycles. The van der Waals surface area contributed by atoms with Crippen LogP contribution in [-0.4, -0.2) is 22.5 Å². The standard InChI is InChI=1S/C24H21N3O3/c1-2-29-24(28)21-16-26-22-11-10-19(30-18-8-4-3-5-9-18)13-20(22)23(21)27-15-17-7-6-12-25-14-17/h3-14,16H,2,15H2,1H3,(H,26,27). The highest BCUT2D eigenvalue weighted by Crippen LogP contribution is 2.32. The molecule has 0 aliphatic heterocycles. The monoisotopic (exact) mass is 399 g/mol. The van der Waals surface area contributed by atoms with Crippen molar-refractivity contribution >= 4 is 22.6 Å². The first-order valence-electron chi connectivity index (χ1n) is 9.70. The van der Waals surface area contributed by atoms with Gasteiger partial charge in [-0.2, -0.15) is 0 Å². The van der Waals surface area contributed by atoms with Gasteiger partial charge >= 0.3 is 5.97 Å². The third-order valence-electron chi connectivity index (χ3n) is 4.51. The molecule has 6 heteroatoms. The number of carbonyl (C=O) groups is 1. The van der Waals surface area contributed by atoms with E-state index in [9.17, 15) is 4.79 Å². The van der Waals surface area contributed by atoms with Crippen molar-refractivity contribution in [2.45, 2.75) is 13.5 Å². The molecule has 2 aromatic carbocycles. The van der Waals surface area contributed by atoms with Crippen LogP contribution in [0, 0.1) is 0 Å². The number of esters is 1. The summed E-state index contributed by atoms with van der Waals surface area (Å²) >= 11 is 0. The lowest BCUT2D eigenvalue weighted by atomic mass is 10.1. The second-order valence-electron chi connectivity index (χ2n) is 6.58. The van der Waals surface area contributed by atoms with Crippen LogP contribution in [0.2, 0.25) is 0 Å². The van der Waals surface area contributed by atoms with Crippen LogP contribution in [0.5, 0.6) is 11.5 Å². The molecule has 150 valence electrons. The summed E-state index contributed by atoms with van der Waals surface area (Å²) in [5.41, 5.74) is 2.78. The van der Waals surface area contributed by atoms with Gasteiger partial charge in [-0.05, 0) is 48.9 Å². The zero-order valence-corrected chi connectivity index (χ0v) is 16.5. The van der Waals surface area contributed by atoms with Crippen LogP contribution in [-0.2, 0) is 11.3 Å². The van der Waals surface area contributed by atoms with Gasteiger partial charge in [-0.3, -0.25) is 9.97 Å². The number of rotatable bonds is 7. The minimum atomic E-state index is -0.421. The van der Waals surface area contributed by atoms with Gasteiger partial charge in [-0.25, -0.2) is 4.79 Å². The fourth-order valence-electron chi connectivity index (χ4n) is 3.11. The summed E-state index contributed by atoms with van der Waals surface area (Å²) in [4.78, 5) is 21.1. The first kappa shape index (κ1) is 19.4. The normalized spacial score (nSPS) is 10.6. The third kappa shape index (κ3) is 4.38. The highest BCUT2D eigenvalue weighted by Gasteiger charge is 2.17. The largest absolute Gasteiger partial charge is 0.462 e. The van der Waals surface area contributed by atoms with Gasteiger partial charge < -0.3 is 14.8 Å². The number of para-hydroxylation sites is 1. The van der Waals surface area contributed by atoms with Crippen molar-refractivity contribution in [3.05, 3.63) is 90.4 Å². The van der Waals surface area contributed by atoms with Gasteiger partial charge in [0.05, 0.1) is 17.8 Å². The molecule has 1 N–H and O–H groups in total. The summed E-state index contributed by atoms with van der Waals surface area (Å²) in [5.74, 6) is 0.965. The quantitative estimate of drug-likeness (QED) is 0.430. The second kappa shape index (κ2) is 9.05. The third-order valence-corrected chi connectivity index (χ3v) is 4.51. The maximum Gasteiger partial charge on any atom is 0.341 e. The molecule has 6 nitrogen and oxygen atoms in total. The molecule has 0 aliphatic carbocycles. The number of hydrogen-bond acceptors (Lipinski definition) is 6. The summed E-state index contributed by atoms with van der Waals surface area (Å²) < 4.78 is 11.2. The minimum absolute atomic E-state index is 0.288. The van der Waals surface area contributed by atoms with E-state index in [0.29, 0.717) is 23.5 Å². The Balaban J connectivity index is 1.74. The molecule has 0 fully saturated rings. The number of carbonyl (C=O) groups excluding carboxylic acids is 1. The number of pyridine rings is 2. The zero-order chi connectivity index (χ0) is 20.8. The van der Waals surface area contributed by atoms with Crippen molar-refractivity contribution in [3.8, 4) is 11.5 Å². The molecular weight excluding hydrogens is 378 g/mol. The SMILES string of the molecule is CCOC(=O)c1cnc2ccc(Oc3ccccc3)cc2c1NCc1cccnc1. The number of aromatic nitrogens is 2. The summed E-state index contributed by atoms with van der Waals surface area (Å²) in [6.45, 7) is 2.57. The number of anilines is 1. The molecule has 0 aliphatic rings. The zero-order valence-electron chi connectivity index (χ0n) is 16.5. The number of nitrogens with zero attached hydrogens (tertiary/aromatic N) is 2. The predicted molar refractivity (Wildman–Crippen MR) is 116 cm³/mol. The highest BCUT2D eigenvalue weighted by atomic mass is 16.5. The Morgan fingerprint density at radius 1 is 1.00 bits per heavy atom. The summed E-state index contributed by atoms with van der Waals surface area (Å²) in [6, 6.07) is 19.0. The molecular formula is C24H21N3O3. The van der Waals surface area contributed by atoms with Gasteiger partial charge in [0, 0.05) is 30.5 Å². The average molecular weight is 399 g/mol. The van der Waals surface area contributed by atoms with Crippen molar-refractivity contribution in [1.82, 2.24) is 9.97 Å². The van der Waals surface area contributed by atoms with Crippen molar-refractivity contribution in [2.75, 3.05) is 11.9 Å². The molecule has 0 spiro atoms. The van der Waals surface area contributed by atoms with Crippen LogP contribution in [0.1, 0.15) is 22.8 Å². The molecule has 0 radical (unpaired) electrons. The predicted octanol–water partition coefficient (Wildman–Crippen LogP) is 5.21. The van der Waals surface area contributed by atoms with Crippen molar-refractivity contribution < 1.29 is 14.3 Å². The molecule has 2 heterocycles. The lowest BCUT2D eigenvalue weighted by Crippen LogP contribution is -2.11. The number of benzene rings is 2. The first-order chi connectivity index (χ1) is 14.7. The van der Waals surface area contributed by atoms with Gasteiger partial charge in [-0.15, -0.1) is 0 Å². The van der Waals surface area contributed by atoms with Crippen LogP contribution in [0.15, 0.2) is 79.3 Å². The maximum absolute atomic E-state index is 12.6. The summed E-state index contributed by atoms with van der Waals surface area (Å²) in [6.07, 6.45) is 5.05. The van der Waals surface area contributed by atoms with Gasteiger partial charge in [0.15, 0.2) is 0 Å². The van der Waals surface area contributed by atoms with E-state index in [0.717, 1.165) is 22.2 Å². The topological polar surface area (TPSA) is 73.3 Å². The minimum Gasteiger partial charge on any atom is -0.462 e. The maximum atomic E-state index is 12.6. The Bertz CT molecular complexity index is 1150. The van der Waals surface area contributed by atoms with Gasteiger partial charge in [-0.1, -0.05) is 24.3 Å². The number of nitrogens with one attached hydrogen (secondary N) is 1. The number of fused-ring (bicyclic) bond motifs is 1. The molecule has 4 aromatic rings. The van der Waals surface area contributed by atoms with E-state index >= 15 is 0 Å². The lowest BCUT2D eigenvalue weighted by Gasteiger charge is -2.15. The van der Waals surface area contributed by atoms with Gasteiger partial charge in [0.25, 0.3) is 0 Å².